The van der Waals surface area contributed by atoms with E-state index in [1.165, 1.54) is 5.56 Å². The maximum Gasteiger partial charge on any atom is 0.260 e. The van der Waals surface area contributed by atoms with E-state index in [1.54, 1.807) is 28.8 Å². The number of hydrogen-bond acceptors (Lipinski definition) is 4. The van der Waals surface area contributed by atoms with Crippen LogP contribution in [0.3, 0.4) is 0 Å². The number of nitrogens with zero attached hydrogens (tertiary/aromatic N) is 4. The zero-order valence-electron chi connectivity index (χ0n) is 16.1. The average Bonchev–Trinajstić information content (AvgIpc) is 3.39. The van der Waals surface area contributed by atoms with E-state index in [0.717, 1.165) is 39.2 Å². The Morgan fingerprint density at radius 2 is 2.14 bits per heavy atom. The molecule has 148 valence electrons. The van der Waals surface area contributed by atoms with Crippen LogP contribution in [0.2, 0.25) is 0 Å². The second-order valence-corrected chi connectivity index (χ2v) is 8.70. The van der Waals surface area contributed by atoms with Crippen molar-refractivity contribution in [3.05, 3.63) is 76.8 Å². The van der Waals surface area contributed by atoms with Crippen LogP contribution in [0.4, 0.5) is 5.13 Å². The van der Waals surface area contributed by atoms with E-state index in [0.29, 0.717) is 12.1 Å². The lowest BCUT2D eigenvalue weighted by Gasteiger charge is -2.20. The SMILES string of the molecule is CCc1ccc2nc(N(CCCn3ccnc3)C(=O)c3cccc(Br)c3)sc2c1. The van der Waals surface area contributed by atoms with E-state index < -0.39 is 0 Å². The normalized spacial score (nSPS) is 11.1. The molecule has 0 aliphatic heterocycles. The van der Waals surface area contributed by atoms with Crippen molar-refractivity contribution in [2.24, 2.45) is 0 Å². The average molecular weight is 469 g/mol. The number of aromatic nitrogens is 3. The van der Waals surface area contributed by atoms with Crippen molar-refractivity contribution in [2.75, 3.05) is 11.4 Å². The van der Waals surface area contributed by atoms with Gasteiger partial charge in [-0.2, -0.15) is 0 Å². The number of carbonyl (C=O) groups is 1. The maximum atomic E-state index is 13.3. The summed E-state index contributed by atoms with van der Waals surface area (Å²) in [5, 5.41) is 0.740. The van der Waals surface area contributed by atoms with Gasteiger partial charge in [0.15, 0.2) is 5.13 Å². The summed E-state index contributed by atoms with van der Waals surface area (Å²) in [6.07, 6.45) is 7.29. The molecule has 1 amide bonds. The summed E-state index contributed by atoms with van der Waals surface area (Å²) in [6, 6.07) is 13.8. The molecule has 0 radical (unpaired) electrons. The third kappa shape index (κ3) is 4.57. The third-order valence-electron chi connectivity index (χ3n) is 4.75. The van der Waals surface area contributed by atoms with E-state index >= 15 is 0 Å². The van der Waals surface area contributed by atoms with Crippen molar-refractivity contribution in [1.82, 2.24) is 14.5 Å². The number of benzene rings is 2. The van der Waals surface area contributed by atoms with Crippen LogP contribution < -0.4 is 4.90 Å². The van der Waals surface area contributed by atoms with Crippen LogP contribution in [0.25, 0.3) is 10.2 Å². The molecule has 4 aromatic rings. The molecule has 2 heterocycles. The summed E-state index contributed by atoms with van der Waals surface area (Å²) in [5.74, 6) is -0.0355. The van der Waals surface area contributed by atoms with Gasteiger partial charge >= 0.3 is 0 Å². The van der Waals surface area contributed by atoms with Gasteiger partial charge in [0, 0.05) is 35.5 Å². The van der Waals surface area contributed by atoms with Crippen LogP contribution in [0, 0.1) is 0 Å². The first-order valence-electron chi connectivity index (χ1n) is 9.56. The number of imidazole rings is 1. The first-order chi connectivity index (χ1) is 14.1. The van der Waals surface area contributed by atoms with Crippen molar-refractivity contribution in [3.63, 3.8) is 0 Å². The third-order valence-corrected chi connectivity index (χ3v) is 6.29. The van der Waals surface area contributed by atoms with Crippen molar-refractivity contribution < 1.29 is 4.79 Å². The monoisotopic (exact) mass is 468 g/mol. The number of aryl methyl sites for hydroxylation is 2. The highest BCUT2D eigenvalue weighted by molar-refractivity contribution is 9.10. The Balaban J connectivity index is 1.64. The van der Waals surface area contributed by atoms with Crippen LogP contribution >= 0.6 is 27.3 Å². The number of amides is 1. The van der Waals surface area contributed by atoms with Gasteiger partial charge in [-0.1, -0.05) is 46.3 Å². The topological polar surface area (TPSA) is 51.0 Å². The molecule has 0 aliphatic rings. The summed E-state index contributed by atoms with van der Waals surface area (Å²) < 4.78 is 4.02. The Morgan fingerprint density at radius 1 is 1.24 bits per heavy atom. The van der Waals surface area contributed by atoms with Gasteiger partial charge in [0.25, 0.3) is 5.91 Å². The van der Waals surface area contributed by atoms with Crippen LogP contribution in [0.15, 0.2) is 65.7 Å². The number of fused-ring (bicyclic) bond motifs is 1. The molecule has 0 N–H and O–H groups in total. The smallest absolute Gasteiger partial charge is 0.260 e. The lowest BCUT2D eigenvalue weighted by molar-refractivity contribution is 0.0986. The number of hydrogen-bond donors (Lipinski definition) is 0. The Bertz CT molecular complexity index is 1120. The fraction of sp³-hybridized carbons (Fsp3) is 0.227. The molecule has 0 saturated heterocycles. The predicted octanol–water partition coefficient (Wildman–Crippen LogP) is 5.55. The molecule has 0 aliphatic carbocycles. The first-order valence-corrected chi connectivity index (χ1v) is 11.2. The summed E-state index contributed by atoms with van der Waals surface area (Å²) in [7, 11) is 0. The van der Waals surface area contributed by atoms with Crippen LogP contribution in [-0.4, -0.2) is 27.0 Å². The van der Waals surface area contributed by atoms with E-state index in [2.05, 4.69) is 40.0 Å². The lowest BCUT2D eigenvalue weighted by Crippen LogP contribution is -2.32. The minimum atomic E-state index is -0.0355. The fourth-order valence-electron chi connectivity index (χ4n) is 3.18. The molecule has 0 bridgehead atoms. The van der Waals surface area contributed by atoms with Crippen LogP contribution in [0.1, 0.15) is 29.3 Å². The van der Waals surface area contributed by atoms with Gasteiger partial charge in [-0.15, -0.1) is 0 Å². The Labute approximate surface area is 182 Å². The minimum absolute atomic E-state index is 0.0355. The van der Waals surface area contributed by atoms with Gasteiger partial charge in [0.1, 0.15) is 0 Å². The van der Waals surface area contributed by atoms with E-state index in [4.69, 9.17) is 4.98 Å². The number of rotatable bonds is 7. The first kappa shape index (κ1) is 19.8. The largest absolute Gasteiger partial charge is 0.337 e. The summed E-state index contributed by atoms with van der Waals surface area (Å²) in [5.41, 5.74) is 2.86. The Kier molecular flexibility index (Phi) is 6.06. The molecule has 5 nitrogen and oxygen atoms in total. The van der Waals surface area contributed by atoms with Gasteiger partial charge in [0.05, 0.1) is 16.5 Å². The molecular formula is C22H21BrN4OS. The van der Waals surface area contributed by atoms with Crippen LogP contribution in [-0.2, 0) is 13.0 Å². The van der Waals surface area contributed by atoms with Crippen molar-refractivity contribution in [2.45, 2.75) is 26.3 Å². The molecule has 4 rings (SSSR count). The van der Waals surface area contributed by atoms with Crippen molar-refractivity contribution in [1.29, 1.82) is 0 Å². The predicted molar refractivity (Wildman–Crippen MR) is 122 cm³/mol. The van der Waals surface area contributed by atoms with Gasteiger partial charge in [-0.05, 0) is 48.7 Å². The molecule has 0 fully saturated rings. The minimum Gasteiger partial charge on any atom is -0.337 e. The van der Waals surface area contributed by atoms with Crippen LogP contribution in [0.5, 0.6) is 0 Å². The number of thiazole rings is 1. The lowest BCUT2D eigenvalue weighted by atomic mass is 10.2. The van der Waals surface area contributed by atoms with E-state index in [1.807, 2.05) is 41.1 Å². The molecule has 0 unspecified atom stereocenters. The number of anilines is 1. The van der Waals surface area contributed by atoms with Crippen molar-refractivity contribution >= 4 is 48.5 Å². The van der Waals surface area contributed by atoms with E-state index in [-0.39, 0.29) is 5.91 Å². The second kappa shape index (κ2) is 8.88. The van der Waals surface area contributed by atoms with Gasteiger partial charge < -0.3 is 4.57 Å². The summed E-state index contributed by atoms with van der Waals surface area (Å²) in [4.78, 5) is 24.0. The number of halogens is 1. The zero-order chi connectivity index (χ0) is 20.2. The van der Waals surface area contributed by atoms with Crippen molar-refractivity contribution in [3.8, 4) is 0 Å². The standard InChI is InChI=1S/C22H21BrN4OS/c1-2-16-7-8-19-20(13-16)29-22(25-19)27(11-4-10-26-12-9-24-15-26)21(28)17-5-3-6-18(23)14-17/h3,5-9,12-15H,2,4,10-11H2,1H3. The molecule has 0 atom stereocenters. The molecule has 0 saturated carbocycles. The highest BCUT2D eigenvalue weighted by atomic mass is 79.9. The quantitative estimate of drug-likeness (QED) is 0.356. The highest BCUT2D eigenvalue weighted by Gasteiger charge is 2.21. The molecule has 29 heavy (non-hydrogen) atoms. The number of carbonyl (C=O) groups excluding carboxylic acids is 1. The molecule has 2 aromatic heterocycles. The van der Waals surface area contributed by atoms with Gasteiger partial charge in [-0.3, -0.25) is 9.69 Å². The van der Waals surface area contributed by atoms with Gasteiger partial charge in [-0.25, -0.2) is 9.97 Å². The molecule has 0 spiro atoms. The Morgan fingerprint density at radius 3 is 2.90 bits per heavy atom. The molecule has 7 heteroatoms. The zero-order valence-corrected chi connectivity index (χ0v) is 18.5. The summed E-state index contributed by atoms with van der Waals surface area (Å²) in [6.45, 7) is 3.53. The second-order valence-electron chi connectivity index (χ2n) is 6.77. The van der Waals surface area contributed by atoms with E-state index in [9.17, 15) is 4.79 Å². The molecular weight excluding hydrogens is 448 g/mol. The van der Waals surface area contributed by atoms with Gasteiger partial charge in [0.2, 0.25) is 0 Å². The maximum absolute atomic E-state index is 13.3. The summed E-state index contributed by atoms with van der Waals surface area (Å²) >= 11 is 5.04. The Hall–Kier alpha value is -2.51. The molecule has 2 aromatic carbocycles. The fourth-order valence-corrected chi connectivity index (χ4v) is 4.64. The highest BCUT2D eigenvalue weighted by Crippen LogP contribution is 2.31.